The molecule has 520 valence electrons. The van der Waals surface area contributed by atoms with Crippen molar-refractivity contribution in [2.45, 2.75) is 179 Å². The molecule has 94 heavy (non-hydrogen) atoms. The molecular weight excluding hydrogens is 1220 g/mol. The predicted molar refractivity (Wildman–Crippen MR) is 353 cm³/mol. The number of nitrogens with two attached hydrogens (primary N) is 5. The number of primary amides is 1. The summed E-state index contributed by atoms with van der Waals surface area (Å²) in [6.45, 7) is 6.83. The van der Waals surface area contributed by atoms with E-state index in [0.29, 0.717) is 83.0 Å². The average molecular weight is 1320 g/mol. The fourth-order valence-corrected chi connectivity index (χ4v) is 9.57. The van der Waals surface area contributed by atoms with E-state index in [0.717, 1.165) is 16.5 Å². The number of aromatic nitrogens is 1. The lowest BCUT2D eigenvalue weighted by Crippen LogP contribution is -2.56. The Balaban J connectivity index is 1.32. The Kier molecular flexibility index (Phi) is 36.4. The van der Waals surface area contributed by atoms with E-state index in [4.69, 9.17) is 28.7 Å². The van der Waals surface area contributed by atoms with Crippen LogP contribution in [-0.2, 0) is 70.4 Å². The number of hydrogen-bond acceptors (Lipinski definition) is 16. The summed E-state index contributed by atoms with van der Waals surface area (Å²) in [6, 6.07) is 6.32. The van der Waals surface area contributed by atoms with Crippen molar-refractivity contribution in [3.8, 4) is 5.75 Å². The molecule has 0 saturated heterocycles. The number of aromatic hydroxyl groups is 1. The van der Waals surface area contributed by atoms with E-state index < -0.39 is 114 Å². The molecule has 2 aromatic carbocycles. The molecule has 7 atom stereocenters. The Bertz CT molecular complexity index is 2990. The monoisotopic (exact) mass is 1320 g/mol. The SMILES string of the molecule is CC(C)C[C@H](NC(=O)CNC(=O)[C@H](C)NC(=O)[C@H](C)NC(=O)[C@H](CCCN=C(N)N)NC(=O)CNC(=O)CCCCNC(=O)CCCCNC(=O)CCCCNC(=O)[C@H](CCCCN)NC(=O)[C@H](Cc1ccc(O)cc1)NC(=O)[C@@H](N)Cc1c[nH]c2ccccc12)C(N)=O. The van der Waals surface area contributed by atoms with Gasteiger partial charge in [-0.15, -0.1) is 0 Å². The van der Waals surface area contributed by atoms with Gasteiger partial charge in [0.25, 0.3) is 0 Å². The molecular formula is C63H100N18O13. The van der Waals surface area contributed by atoms with Crippen LogP contribution in [0, 0.1) is 5.92 Å². The molecule has 0 saturated carbocycles. The van der Waals surface area contributed by atoms with E-state index in [1.54, 1.807) is 18.3 Å². The first-order valence-electron chi connectivity index (χ1n) is 32.1. The average Bonchev–Trinajstić information content (AvgIpc) is 1.67. The van der Waals surface area contributed by atoms with Crippen LogP contribution in [0.3, 0.4) is 0 Å². The molecule has 1 aromatic heterocycles. The topological polar surface area (TPSA) is 516 Å². The summed E-state index contributed by atoms with van der Waals surface area (Å²) in [6.07, 6.45) is 7.37. The van der Waals surface area contributed by atoms with Crippen LogP contribution in [0.5, 0.6) is 5.75 Å². The molecule has 0 fully saturated rings. The van der Waals surface area contributed by atoms with Gasteiger partial charge in [-0.3, -0.25) is 62.5 Å². The quantitative estimate of drug-likeness (QED) is 0.0161. The van der Waals surface area contributed by atoms with Crippen molar-refractivity contribution in [3.63, 3.8) is 0 Å². The van der Waals surface area contributed by atoms with Crippen LogP contribution in [0.2, 0.25) is 0 Å². The molecule has 0 radical (unpaired) electrons. The van der Waals surface area contributed by atoms with E-state index >= 15 is 0 Å². The highest BCUT2D eigenvalue weighted by molar-refractivity contribution is 5.96. The summed E-state index contributed by atoms with van der Waals surface area (Å²) in [5, 5.41) is 39.7. The maximum absolute atomic E-state index is 13.9. The van der Waals surface area contributed by atoms with E-state index in [9.17, 15) is 62.6 Å². The third-order valence-electron chi connectivity index (χ3n) is 14.8. The molecule has 0 aliphatic rings. The number of phenols is 1. The predicted octanol–water partition coefficient (Wildman–Crippen LogP) is -2.26. The second-order valence-electron chi connectivity index (χ2n) is 23.5. The Morgan fingerprint density at radius 3 is 1.62 bits per heavy atom. The lowest BCUT2D eigenvalue weighted by atomic mass is 10.0. The van der Waals surface area contributed by atoms with Crippen molar-refractivity contribution in [1.82, 2.24) is 63.5 Å². The van der Waals surface area contributed by atoms with E-state index in [1.165, 1.54) is 26.0 Å². The minimum absolute atomic E-state index is 0.0317. The van der Waals surface area contributed by atoms with Crippen LogP contribution < -0.4 is 87.2 Å². The van der Waals surface area contributed by atoms with Crippen LogP contribution >= 0.6 is 0 Å². The second-order valence-corrected chi connectivity index (χ2v) is 23.5. The van der Waals surface area contributed by atoms with Crippen LogP contribution in [0.15, 0.2) is 59.7 Å². The largest absolute Gasteiger partial charge is 0.508 e. The number of aromatic amines is 1. The number of H-pyrrole nitrogens is 1. The molecule has 0 spiro atoms. The minimum atomic E-state index is -1.20. The summed E-state index contributed by atoms with van der Waals surface area (Å²) >= 11 is 0. The number of phenolic OH excluding ortho intramolecular Hbond substituents is 1. The number of rotatable bonds is 46. The van der Waals surface area contributed by atoms with Gasteiger partial charge in [0.2, 0.25) is 70.9 Å². The summed E-state index contributed by atoms with van der Waals surface area (Å²) < 4.78 is 0. The third kappa shape index (κ3) is 32.3. The van der Waals surface area contributed by atoms with Gasteiger partial charge in [0, 0.05) is 69.0 Å². The number of unbranched alkanes of at least 4 members (excludes halogenated alkanes) is 4. The fourth-order valence-electron chi connectivity index (χ4n) is 9.57. The number of amides is 12. The van der Waals surface area contributed by atoms with Crippen molar-refractivity contribution in [3.05, 3.63) is 65.9 Å². The number of fused-ring (bicyclic) bond motifs is 1. The summed E-state index contributed by atoms with van der Waals surface area (Å²) in [7, 11) is 0. The molecule has 3 rings (SSSR count). The van der Waals surface area contributed by atoms with Gasteiger partial charge >= 0.3 is 0 Å². The molecule has 12 amide bonds. The van der Waals surface area contributed by atoms with E-state index in [1.807, 2.05) is 38.1 Å². The first-order chi connectivity index (χ1) is 44.8. The summed E-state index contributed by atoms with van der Waals surface area (Å²) in [4.78, 5) is 162. The fraction of sp³-hybridized carbons (Fsp3) is 0.571. The molecule has 0 unspecified atom stereocenters. The number of nitrogens with one attached hydrogen (secondary N) is 12. The number of carbonyl (C=O) groups is 12. The van der Waals surface area contributed by atoms with Gasteiger partial charge in [-0.2, -0.15) is 0 Å². The van der Waals surface area contributed by atoms with Crippen LogP contribution in [0.1, 0.15) is 135 Å². The van der Waals surface area contributed by atoms with Gasteiger partial charge < -0.3 is 97.2 Å². The van der Waals surface area contributed by atoms with Crippen LogP contribution in [0.4, 0.5) is 0 Å². The second kappa shape index (κ2) is 43.4. The molecule has 0 aliphatic heterocycles. The lowest BCUT2D eigenvalue weighted by molar-refractivity contribution is -0.133. The zero-order chi connectivity index (χ0) is 69.5. The Morgan fingerprint density at radius 2 is 1.02 bits per heavy atom. The van der Waals surface area contributed by atoms with Gasteiger partial charge in [0.15, 0.2) is 5.96 Å². The summed E-state index contributed by atoms with van der Waals surface area (Å²) in [5.74, 6) is -6.84. The highest BCUT2D eigenvalue weighted by Gasteiger charge is 2.30. The first-order valence-corrected chi connectivity index (χ1v) is 32.1. The van der Waals surface area contributed by atoms with Crippen LogP contribution in [-0.4, -0.2) is 175 Å². The smallest absolute Gasteiger partial charge is 0.243 e. The van der Waals surface area contributed by atoms with Crippen molar-refractivity contribution < 1.29 is 62.6 Å². The number of hydrogen-bond donors (Lipinski definition) is 18. The van der Waals surface area contributed by atoms with Crippen molar-refractivity contribution in [1.29, 1.82) is 0 Å². The van der Waals surface area contributed by atoms with Gasteiger partial charge in [-0.1, -0.05) is 44.2 Å². The molecule has 31 heteroatoms. The maximum atomic E-state index is 13.9. The number of carbonyl (C=O) groups excluding carboxylic acids is 12. The van der Waals surface area contributed by atoms with Gasteiger partial charge in [0.1, 0.15) is 42.0 Å². The van der Waals surface area contributed by atoms with Crippen molar-refractivity contribution in [2.24, 2.45) is 39.6 Å². The molecule has 0 bridgehead atoms. The van der Waals surface area contributed by atoms with Gasteiger partial charge in [0.05, 0.1) is 19.1 Å². The third-order valence-corrected chi connectivity index (χ3v) is 14.8. The first kappa shape index (κ1) is 78.9. The van der Waals surface area contributed by atoms with Crippen molar-refractivity contribution >= 4 is 87.7 Å². The van der Waals surface area contributed by atoms with E-state index in [2.05, 4.69) is 68.5 Å². The Hall–Kier alpha value is -9.39. The number of nitrogens with zero attached hydrogens (tertiary/aromatic N) is 1. The molecule has 31 nitrogen and oxygen atoms in total. The highest BCUT2D eigenvalue weighted by Crippen LogP contribution is 2.19. The lowest BCUT2D eigenvalue weighted by Gasteiger charge is -2.24. The van der Waals surface area contributed by atoms with Crippen molar-refractivity contribution in [2.75, 3.05) is 45.8 Å². The number of aliphatic imine (C=N–C) groups is 1. The van der Waals surface area contributed by atoms with Gasteiger partial charge in [-0.05, 0) is 139 Å². The molecule has 0 aliphatic carbocycles. The zero-order valence-electron chi connectivity index (χ0n) is 54.5. The Labute approximate surface area is 548 Å². The number of para-hydroxylation sites is 1. The van der Waals surface area contributed by atoms with Crippen LogP contribution in [0.25, 0.3) is 10.9 Å². The normalized spacial score (nSPS) is 13.2. The van der Waals surface area contributed by atoms with Gasteiger partial charge in [-0.25, -0.2) is 0 Å². The standard InChI is InChI=1S/C63H100N18O13/c1-38(2)32-49(56(66)88)79-55(87)37-75-57(89)39(3)76-58(90)40(4)77-61(93)48(19-15-31-72-63(67)68)78-54(86)36-74-53(85)22-9-13-29-70-51(83)20-8-12-28-69-52(84)21-10-14-30-71-60(92)47(18-7-11-27-64)80-62(94)50(33-41-23-25-43(82)26-24-41)81-59(91)45(65)34-42-35-73-46-17-6-5-16-44(42)46/h5-6,16-17,23-26,35,38-40,45,47-50,73,82H,7-15,18-22,27-34,36-37,64-65H2,1-4H3,(H2,66,88)(H,69,84)(H,70,83)(H,71,92)(H,74,85)(H,75,89)(H,76,90)(H,77,93)(H,78,86)(H,79,87)(H,80,94)(H,81,91)(H4,67,68,72)/t39-,40-,45-,47-,48-,49-,50-/m0/s1. The van der Waals surface area contributed by atoms with E-state index in [-0.39, 0.29) is 93.9 Å². The molecule has 3 aromatic rings. The Morgan fingerprint density at radius 1 is 0.500 bits per heavy atom. The number of benzene rings is 2. The zero-order valence-corrected chi connectivity index (χ0v) is 54.5. The highest BCUT2D eigenvalue weighted by atomic mass is 16.3. The summed E-state index contributed by atoms with van der Waals surface area (Å²) in [5.41, 5.74) is 30.7. The minimum Gasteiger partial charge on any atom is -0.508 e. The maximum Gasteiger partial charge on any atom is 0.243 e. The number of guanidine groups is 1. The molecule has 23 N–H and O–H groups in total. The molecule has 1 heterocycles.